The first-order chi connectivity index (χ1) is 9.67. The summed E-state index contributed by atoms with van der Waals surface area (Å²) >= 11 is 0. The monoisotopic (exact) mass is 278 g/mol. The largest absolute Gasteiger partial charge is 0.331 e. The van der Waals surface area contributed by atoms with Gasteiger partial charge in [-0.1, -0.05) is 20.8 Å². The van der Waals surface area contributed by atoms with Crippen LogP contribution in [0.15, 0.2) is 12.5 Å². The van der Waals surface area contributed by atoms with Crippen molar-refractivity contribution in [2.45, 2.75) is 52.0 Å². The van der Waals surface area contributed by atoms with Gasteiger partial charge in [0.25, 0.3) is 0 Å². The fourth-order valence-electron chi connectivity index (χ4n) is 3.38. The minimum Gasteiger partial charge on any atom is -0.331 e. The van der Waals surface area contributed by atoms with Crippen LogP contribution in [-0.4, -0.2) is 40.6 Å². The van der Waals surface area contributed by atoms with Crippen molar-refractivity contribution < 1.29 is 0 Å². The third-order valence-electron chi connectivity index (χ3n) is 4.62. The number of rotatable bonds is 6. The highest BCUT2D eigenvalue weighted by atomic mass is 15.2. The molecule has 4 heteroatoms. The van der Waals surface area contributed by atoms with Crippen molar-refractivity contribution in [3.05, 3.63) is 18.2 Å². The Labute approximate surface area is 123 Å². The lowest BCUT2D eigenvalue weighted by atomic mass is 9.92. The molecule has 1 aromatic heterocycles. The van der Waals surface area contributed by atoms with Crippen molar-refractivity contribution in [2.24, 2.45) is 11.7 Å². The van der Waals surface area contributed by atoms with Crippen LogP contribution in [0, 0.1) is 5.92 Å². The van der Waals surface area contributed by atoms with Crippen LogP contribution in [0.5, 0.6) is 0 Å². The molecule has 4 nitrogen and oxygen atoms in total. The van der Waals surface area contributed by atoms with Crippen LogP contribution in [0.25, 0.3) is 0 Å². The minimum atomic E-state index is 0.422. The lowest BCUT2D eigenvalue weighted by molar-refractivity contribution is 0.184. The maximum absolute atomic E-state index is 5.98. The Hall–Kier alpha value is -0.870. The maximum atomic E-state index is 5.98. The van der Waals surface area contributed by atoms with E-state index in [-0.39, 0.29) is 0 Å². The van der Waals surface area contributed by atoms with Crippen molar-refractivity contribution in [3.63, 3.8) is 0 Å². The Balaban J connectivity index is 2.05. The molecule has 1 fully saturated rings. The van der Waals surface area contributed by atoms with Crippen LogP contribution in [0.2, 0.25) is 0 Å². The molecule has 0 spiro atoms. The summed E-state index contributed by atoms with van der Waals surface area (Å²) in [5.41, 5.74) is 7.31. The number of hydrogen-bond acceptors (Lipinski definition) is 3. The normalized spacial score (nSPS) is 19.6. The molecule has 20 heavy (non-hydrogen) atoms. The first-order valence-electron chi connectivity index (χ1n) is 8.11. The van der Waals surface area contributed by atoms with E-state index in [9.17, 15) is 0 Å². The Morgan fingerprint density at radius 1 is 1.35 bits per heavy atom. The second kappa shape index (κ2) is 7.23. The van der Waals surface area contributed by atoms with Crippen molar-refractivity contribution in [1.82, 2.24) is 14.5 Å². The van der Waals surface area contributed by atoms with Crippen LogP contribution >= 0.6 is 0 Å². The molecule has 2 rings (SSSR count). The second-order valence-corrected chi connectivity index (χ2v) is 6.38. The predicted octanol–water partition coefficient (Wildman–Crippen LogP) is 2.63. The molecule has 0 bridgehead atoms. The summed E-state index contributed by atoms with van der Waals surface area (Å²) in [4.78, 5) is 6.98. The van der Waals surface area contributed by atoms with Gasteiger partial charge in [-0.15, -0.1) is 0 Å². The van der Waals surface area contributed by atoms with Crippen LogP contribution in [0.4, 0.5) is 0 Å². The smallest absolute Gasteiger partial charge is 0.0950 e. The van der Waals surface area contributed by atoms with Gasteiger partial charge < -0.3 is 15.2 Å². The number of imidazole rings is 1. The fraction of sp³-hybridized carbons (Fsp3) is 0.812. The molecule has 2 N–H and O–H groups in total. The van der Waals surface area contributed by atoms with Crippen molar-refractivity contribution >= 4 is 0 Å². The summed E-state index contributed by atoms with van der Waals surface area (Å²) in [5, 5.41) is 0. The Morgan fingerprint density at radius 3 is 2.60 bits per heavy atom. The molecular weight excluding hydrogens is 248 g/mol. The van der Waals surface area contributed by atoms with Gasteiger partial charge >= 0.3 is 0 Å². The zero-order valence-electron chi connectivity index (χ0n) is 13.3. The van der Waals surface area contributed by atoms with E-state index >= 15 is 0 Å². The molecule has 1 atom stereocenters. The number of nitrogens with two attached hydrogens (primary N) is 1. The first-order valence-corrected chi connectivity index (χ1v) is 8.11. The summed E-state index contributed by atoms with van der Waals surface area (Å²) < 4.78 is 2.40. The third kappa shape index (κ3) is 3.41. The predicted molar refractivity (Wildman–Crippen MR) is 83.9 cm³/mol. The topological polar surface area (TPSA) is 47.1 Å². The molecule has 2 heterocycles. The molecule has 1 aliphatic heterocycles. The van der Waals surface area contributed by atoms with Crippen molar-refractivity contribution in [2.75, 3.05) is 26.2 Å². The van der Waals surface area contributed by atoms with Crippen LogP contribution in [-0.2, 0) is 0 Å². The molecular formula is C16H30N4. The van der Waals surface area contributed by atoms with Gasteiger partial charge in [0, 0.05) is 43.5 Å². The summed E-state index contributed by atoms with van der Waals surface area (Å²) in [6.45, 7) is 11.1. The van der Waals surface area contributed by atoms with Crippen molar-refractivity contribution in [1.29, 1.82) is 0 Å². The van der Waals surface area contributed by atoms with Gasteiger partial charge in [-0.05, 0) is 31.7 Å². The third-order valence-corrected chi connectivity index (χ3v) is 4.62. The lowest BCUT2D eigenvalue weighted by Crippen LogP contribution is -2.35. The molecule has 0 saturated carbocycles. The molecule has 114 valence electrons. The summed E-state index contributed by atoms with van der Waals surface area (Å²) in [5.74, 6) is 0.988. The van der Waals surface area contributed by atoms with E-state index in [4.69, 9.17) is 5.73 Å². The van der Waals surface area contributed by atoms with Gasteiger partial charge in [-0.25, -0.2) is 4.98 Å². The van der Waals surface area contributed by atoms with Crippen molar-refractivity contribution in [3.8, 4) is 0 Å². The average Bonchev–Trinajstić information content (AvgIpc) is 2.89. The summed E-state index contributed by atoms with van der Waals surface area (Å²) in [6.07, 6.45) is 7.76. The SMILES string of the molecule is CCCN1CCC(n2cncc2C(CN)C(C)C)CC1. The summed E-state index contributed by atoms with van der Waals surface area (Å²) in [6, 6.07) is 0.605. The Morgan fingerprint density at radius 2 is 2.05 bits per heavy atom. The van der Waals surface area contributed by atoms with E-state index in [1.165, 1.54) is 44.6 Å². The highest BCUT2D eigenvalue weighted by molar-refractivity contribution is 5.10. The van der Waals surface area contributed by atoms with Crippen LogP contribution < -0.4 is 5.73 Å². The van der Waals surface area contributed by atoms with E-state index in [0.29, 0.717) is 24.4 Å². The van der Waals surface area contributed by atoms with Gasteiger partial charge in [0.2, 0.25) is 0 Å². The number of aromatic nitrogens is 2. The van der Waals surface area contributed by atoms with Gasteiger partial charge in [0.15, 0.2) is 0 Å². The van der Waals surface area contributed by atoms with Gasteiger partial charge in [0.1, 0.15) is 0 Å². The zero-order valence-corrected chi connectivity index (χ0v) is 13.3. The average molecular weight is 278 g/mol. The maximum Gasteiger partial charge on any atom is 0.0950 e. The number of piperidine rings is 1. The number of nitrogens with zero attached hydrogens (tertiary/aromatic N) is 3. The van der Waals surface area contributed by atoms with Crippen LogP contribution in [0.1, 0.15) is 57.7 Å². The molecule has 0 radical (unpaired) electrons. The molecule has 0 aromatic carbocycles. The second-order valence-electron chi connectivity index (χ2n) is 6.38. The van der Waals surface area contributed by atoms with E-state index in [0.717, 1.165) is 0 Å². The molecule has 1 aromatic rings. The Bertz CT molecular complexity index is 391. The molecule has 0 aliphatic carbocycles. The van der Waals surface area contributed by atoms with E-state index < -0.39 is 0 Å². The number of hydrogen-bond donors (Lipinski definition) is 1. The van der Waals surface area contributed by atoms with Gasteiger partial charge in [-0.3, -0.25) is 0 Å². The summed E-state index contributed by atoms with van der Waals surface area (Å²) in [7, 11) is 0. The Kier molecular flexibility index (Phi) is 5.61. The number of likely N-dealkylation sites (tertiary alicyclic amines) is 1. The quantitative estimate of drug-likeness (QED) is 0.870. The molecule has 1 unspecified atom stereocenters. The van der Waals surface area contributed by atoms with E-state index in [1.807, 2.05) is 12.5 Å². The lowest BCUT2D eigenvalue weighted by Gasteiger charge is -2.34. The highest BCUT2D eigenvalue weighted by Gasteiger charge is 2.25. The minimum absolute atomic E-state index is 0.422. The first kappa shape index (κ1) is 15.5. The molecule has 1 aliphatic rings. The van der Waals surface area contributed by atoms with E-state index in [2.05, 4.69) is 35.2 Å². The molecule has 1 saturated heterocycles. The van der Waals surface area contributed by atoms with Crippen LogP contribution in [0.3, 0.4) is 0 Å². The standard InChI is InChI=1S/C16H30N4/c1-4-7-19-8-5-14(6-9-19)20-12-18-11-16(20)15(10-17)13(2)3/h11-15H,4-10,17H2,1-3H3. The van der Waals surface area contributed by atoms with E-state index in [1.54, 1.807) is 0 Å². The fourth-order valence-corrected chi connectivity index (χ4v) is 3.38. The van der Waals surface area contributed by atoms with Gasteiger partial charge in [-0.2, -0.15) is 0 Å². The highest BCUT2D eigenvalue weighted by Crippen LogP contribution is 2.29. The zero-order chi connectivity index (χ0) is 14.5. The van der Waals surface area contributed by atoms with Gasteiger partial charge in [0.05, 0.1) is 6.33 Å². The molecule has 0 amide bonds.